The maximum absolute atomic E-state index is 4.32. The summed E-state index contributed by atoms with van der Waals surface area (Å²) in [6, 6.07) is 10.5. The molecule has 0 bridgehead atoms. The summed E-state index contributed by atoms with van der Waals surface area (Å²) >= 11 is 3.47. The smallest absolute Gasteiger partial charge is 0.225 e. The van der Waals surface area contributed by atoms with E-state index in [9.17, 15) is 0 Å². The molecular formula is C16H19BrN4. The van der Waals surface area contributed by atoms with Crippen LogP contribution < -0.4 is 4.90 Å². The van der Waals surface area contributed by atoms with Crippen LogP contribution in [-0.2, 0) is 6.42 Å². The fourth-order valence-corrected chi connectivity index (χ4v) is 2.83. The molecule has 0 saturated carbocycles. The fourth-order valence-electron chi connectivity index (χ4n) is 2.56. The maximum atomic E-state index is 4.32. The topological polar surface area (TPSA) is 32.3 Å². The van der Waals surface area contributed by atoms with Gasteiger partial charge in [-0.3, -0.25) is 4.90 Å². The molecule has 0 N–H and O–H groups in total. The molecule has 0 amide bonds. The fraction of sp³-hybridized carbons (Fsp3) is 0.375. The first-order chi connectivity index (χ1) is 10.3. The van der Waals surface area contributed by atoms with Crippen molar-refractivity contribution in [3.05, 3.63) is 52.8 Å². The summed E-state index contributed by atoms with van der Waals surface area (Å²) in [7, 11) is 0. The molecule has 1 fully saturated rings. The quantitative estimate of drug-likeness (QED) is 0.851. The predicted molar refractivity (Wildman–Crippen MR) is 88.5 cm³/mol. The lowest BCUT2D eigenvalue weighted by Crippen LogP contribution is -2.47. The van der Waals surface area contributed by atoms with E-state index in [0.717, 1.165) is 49.6 Å². The van der Waals surface area contributed by atoms with Gasteiger partial charge in [-0.1, -0.05) is 28.1 Å². The molecule has 1 aromatic heterocycles. The number of aromatic nitrogens is 2. The van der Waals surface area contributed by atoms with Crippen LogP contribution in [0.3, 0.4) is 0 Å². The van der Waals surface area contributed by atoms with E-state index in [-0.39, 0.29) is 0 Å². The zero-order chi connectivity index (χ0) is 14.5. The largest absolute Gasteiger partial charge is 0.338 e. The molecular weight excluding hydrogens is 328 g/mol. The van der Waals surface area contributed by atoms with E-state index in [1.807, 2.05) is 18.5 Å². The Kier molecular flexibility index (Phi) is 4.83. The first-order valence-corrected chi connectivity index (χ1v) is 8.09. The highest BCUT2D eigenvalue weighted by atomic mass is 79.9. The molecule has 110 valence electrons. The third-order valence-corrected chi connectivity index (χ3v) is 4.37. The van der Waals surface area contributed by atoms with Crippen molar-refractivity contribution >= 4 is 21.9 Å². The molecule has 0 aliphatic carbocycles. The first-order valence-electron chi connectivity index (χ1n) is 7.30. The van der Waals surface area contributed by atoms with Gasteiger partial charge in [0.15, 0.2) is 0 Å². The monoisotopic (exact) mass is 346 g/mol. The van der Waals surface area contributed by atoms with Gasteiger partial charge in [0.25, 0.3) is 0 Å². The number of nitrogens with zero attached hydrogens (tertiary/aromatic N) is 4. The summed E-state index contributed by atoms with van der Waals surface area (Å²) in [6.45, 7) is 5.28. The second-order valence-electron chi connectivity index (χ2n) is 5.25. The van der Waals surface area contributed by atoms with Gasteiger partial charge in [-0.05, 0) is 30.2 Å². The molecule has 4 nitrogen and oxygen atoms in total. The number of rotatable bonds is 4. The van der Waals surface area contributed by atoms with Gasteiger partial charge >= 0.3 is 0 Å². The lowest BCUT2D eigenvalue weighted by Gasteiger charge is -2.34. The van der Waals surface area contributed by atoms with Crippen LogP contribution in [0.5, 0.6) is 0 Å². The van der Waals surface area contributed by atoms with E-state index in [1.165, 1.54) is 5.56 Å². The molecule has 1 aliphatic rings. The minimum absolute atomic E-state index is 0.852. The summed E-state index contributed by atoms with van der Waals surface area (Å²) in [5, 5.41) is 0. The van der Waals surface area contributed by atoms with Crippen LogP contribution in [0.4, 0.5) is 5.95 Å². The molecule has 3 rings (SSSR count). The third-order valence-electron chi connectivity index (χ3n) is 3.84. The summed E-state index contributed by atoms with van der Waals surface area (Å²) in [6.07, 6.45) is 4.72. The highest BCUT2D eigenvalue weighted by Gasteiger charge is 2.18. The molecule has 5 heteroatoms. The molecule has 0 unspecified atom stereocenters. The summed E-state index contributed by atoms with van der Waals surface area (Å²) < 4.78 is 1.14. The number of halogens is 1. The van der Waals surface area contributed by atoms with Crippen LogP contribution in [0.15, 0.2) is 47.2 Å². The highest BCUT2D eigenvalue weighted by molar-refractivity contribution is 9.10. The second-order valence-corrected chi connectivity index (χ2v) is 6.17. The normalized spacial score (nSPS) is 16.1. The van der Waals surface area contributed by atoms with Crippen molar-refractivity contribution in [1.82, 2.24) is 14.9 Å². The lowest BCUT2D eigenvalue weighted by molar-refractivity contribution is 0.260. The minimum atomic E-state index is 0.852. The Hall–Kier alpha value is -1.46. The van der Waals surface area contributed by atoms with Gasteiger partial charge in [0.2, 0.25) is 5.95 Å². The SMILES string of the molecule is Brc1ccc(CCN2CCN(c3ncccn3)CC2)cc1. The van der Waals surface area contributed by atoms with E-state index in [1.54, 1.807) is 0 Å². The summed E-state index contributed by atoms with van der Waals surface area (Å²) in [5.74, 6) is 0.852. The van der Waals surface area contributed by atoms with Crippen LogP contribution in [0.1, 0.15) is 5.56 Å². The zero-order valence-electron chi connectivity index (χ0n) is 12.0. The molecule has 0 atom stereocenters. The van der Waals surface area contributed by atoms with Crippen LogP contribution in [0.25, 0.3) is 0 Å². The average Bonchev–Trinajstić information content (AvgIpc) is 2.56. The summed E-state index contributed by atoms with van der Waals surface area (Å²) in [4.78, 5) is 13.4. The predicted octanol–water partition coefficient (Wildman–Crippen LogP) is 2.60. The zero-order valence-corrected chi connectivity index (χ0v) is 13.5. The van der Waals surface area contributed by atoms with Crippen LogP contribution >= 0.6 is 15.9 Å². The number of hydrogen-bond acceptors (Lipinski definition) is 4. The van der Waals surface area contributed by atoms with E-state index >= 15 is 0 Å². The van der Waals surface area contributed by atoms with Crippen molar-refractivity contribution < 1.29 is 0 Å². The third kappa shape index (κ3) is 4.02. The Balaban J connectivity index is 1.47. The molecule has 21 heavy (non-hydrogen) atoms. The number of hydrogen-bond donors (Lipinski definition) is 0. The molecule has 0 spiro atoms. The molecule has 1 aromatic carbocycles. The maximum Gasteiger partial charge on any atom is 0.225 e. The lowest BCUT2D eigenvalue weighted by atomic mass is 10.1. The van der Waals surface area contributed by atoms with Crippen molar-refractivity contribution in [2.24, 2.45) is 0 Å². The highest BCUT2D eigenvalue weighted by Crippen LogP contribution is 2.13. The van der Waals surface area contributed by atoms with E-state index in [4.69, 9.17) is 0 Å². The average molecular weight is 347 g/mol. The van der Waals surface area contributed by atoms with Gasteiger partial charge in [-0.15, -0.1) is 0 Å². The van der Waals surface area contributed by atoms with Crippen molar-refractivity contribution in [2.75, 3.05) is 37.6 Å². The van der Waals surface area contributed by atoms with Gasteiger partial charge in [0.1, 0.15) is 0 Å². The van der Waals surface area contributed by atoms with E-state index < -0.39 is 0 Å². The van der Waals surface area contributed by atoms with Crippen LogP contribution in [0, 0.1) is 0 Å². The number of anilines is 1. The Morgan fingerprint density at radius 1 is 0.952 bits per heavy atom. The molecule has 0 radical (unpaired) electrons. The van der Waals surface area contributed by atoms with Gasteiger partial charge in [0, 0.05) is 49.6 Å². The van der Waals surface area contributed by atoms with E-state index in [2.05, 4.69) is 60.0 Å². The number of benzene rings is 1. The second kappa shape index (κ2) is 7.00. The Morgan fingerprint density at radius 2 is 1.62 bits per heavy atom. The van der Waals surface area contributed by atoms with Gasteiger partial charge < -0.3 is 4.90 Å². The summed E-state index contributed by atoms with van der Waals surface area (Å²) in [5.41, 5.74) is 1.40. The van der Waals surface area contributed by atoms with Crippen molar-refractivity contribution in [3.8, 4) is 0 Å². The van der Waals surface area contributed by atoms with Crippen molar-refractivity contribution in [3.63, 3.8) is 0 Å². The first kappa shape index (κ1) is 14.5. The van der Waals surface area contributed by atoms with Gasteiger partial charge in [0.05, 0.1) is 0 Å². The van der Waals surface area contributed by atoms with Gasteiger partial charge in [-0.25, -0.2) is 9.97 Å². The van der Waals surface area contributed by atoms with E-state index in [0.29, 0.717) is 0 Å². The van der Waals surface area contributed by atoms with Gasteiger partial charge in [-0.2, -0.15) is 0 Å². The Labute approximate surface area is 133 Å². The molecule has 2 heterocycles. The standard InChI is InChI=1S/C16H19BrN4/c17-15-4-2-14(3-5-15)6-9-20-10-12-21(13-11-20)16-18-7-1-8-19-16/h1-5,7-8H,6,9-13H2. The molecule has 1 aliphatic heterocycles. The Morgan fingerprint density at radius 3 is 2.29 bits per heavy atom. The number of piperazine rings is 1. The van der Waals surface area contributed by atoms with Crippen molar-refractivity contribution in [1.29, 1.82) is 0 Å². The van der Waals surface area contributed by atoms with Crippen LogP contribution in [-0.4, -0.2) is 47.6 Å². The minimum Gasteiger partial charge on any atom is -0.338 e. The Bertz CT molecular complexity index is 550. The van der Waals surface area contributed by atoms with Crippen LogP contribution in [0.2, 0.25) is 0 Å². The molecule has 1 saturated heterocycles. The molecule has 2 aromatic rings. The van der Waals surface area contributed by atoms with Crippen molar-refractivity contribution in [2.45, 2.75) is 6.42 Å².